The number of hydrogen-bond acceptors (Lipinski definition) is 5. The van der Waals surface area contributed by atoms with Crippen LogP contribution in [-0.2, 0) is 9.59 Å². The lowest BCUT2D eigenvalue weighted by Crippen LogP contribution is -2.50. The summed E-state index contributed by atoms with van der Waals surface area (Å²) in [4.78, 5) is 34.1. The zero-order chi connectivity index (χ0) is 23.9. The molecule has 2 amide bonds. The van der Waals surface area contributed by atoms with Crippen LogP contribution < -0.4 is 15.5 Å². The number of piperazine rings is 1. The Balaban J connectivity index is 1.39. The first-order valence-electron chi connectivity index (χ1n) is 11.6. The predicted octanol–water partition coefficient (Wildman–Crippen LogP) is 3.32. The van der Waals surface area contributed by atoms with Crippen molar-refractivity contribution in [1.82, 2.24) is 15.2 Å². The molecular weight excluding hydrogens is 426 g/mol. The molecule has 2 aromatic carbocycles. The number of carbonyl (C=O) groups is 2. The van der Waals surface area contributed by atoms with Gasteiger partial charge >= 0.3 is 11.8 Å². The van der Waals surface area contributed by atoms with Gasteiger partial charge in [0.1, 0.15) is 0 Å². The molecule has 1 aromatic heterocycles. The Kier molecular flexibility index (Phi) is 7.54. The lowest BCUT2D eigenvalue weighted by molar-refractivity contribution is -0.136. The van der Waals surface area contributed by atoms with E-state index in [-0.39, 0.29) is 6.04 Å². The molecule has 34 heavy (non-hydrogen) atoms. The highest BCUT2D eigenvalue weighted by Gasteiger charge is 2.26. The maximum absolute atomic E-state index is 12.6. The molecule has 4 rings (SSSR count). The Labute approximate surface area is 200 Å². The second kappa shape index (κ2) is 10.9. The molecule has 1 aliphatic rings. The van der Waals surface area contributed by atoms with E-state index < -0.39 is 11.8 Å². The molecule has 1 saturated heterocycles. The summed E-state index contributed by atoms with van der Waals surface area (Å²) >= 11 is 0. The van der Waals surface area contributed by atoms with Crippen LogP contribution >= 0.6 is 0 Å². The van der Waals surface area contributed by atoms with E-state index in [4.69, 9.17) is 0 Å². The summed E-state index contributed by atoms with van der Waals surface area (Å²) in [6.07, 6.45) is 3.57. The monoisotopic (exact) mass is 457 g/mol. The number of amides is 2. The number of rotatable bonds is 6. The summed E-state index contributed by atoms with van der Waals surface area (Å²) in [5.74, 6) is -1.31. The first kappa shape index (κ1) is 23.4. The van der Waals surface area contributed by atoms with Gasteiger partial charge in [-0.2, -0.15) is 0 Å². The standard InChI is InChI=1S/C27H31N5O2/c1-20-15-21(2)17-23(16-20)30-27(34)26(33)29-19-25(22-7-6-10-28-18-22)32-13-11-31(12-14-32)24-8-4-3-5-9-24/h3-10,15-18,25H,11-14,19H2,1-2H3,(H,29,33)(H,30,34)/t25-/m0/s1. The largest absolute Gasteiger partial charge is 0.369 e. The molecule has 0 spiro atoms. The Hall–Kier alpha value is -3.71. The van der Waals surface area contributed by atoms with Gasteiger partial charge in [0.2, 0.25) is 0 Å². The van der Waals surface area contributed by atoms with Crippen molar-refractivity contribution in [3.63, 3.8) is 0 Å². The Morgan fingerprint density at radius 1 is 0.912 bits per heavy atom. The van der Waals surface area contributed by atoms with Crippen molar-refractivity contribution in [3.8, 4) is 0 Å². The zero-order valence-electron chi connectivity index (χ0n) is 19.7. The van der Waals surface area contributed by atoms with Crippen molar-refractivity contribution in [3.05, 3.63) is 89.7 Å². The first-order chi connectivity index (χ1) is 16.5. The first-order valence-corrected chi connectivity index (χ1v) is 11.6. The zero-order valence-corrected chi connectivity index (χ0v) is 19.7. The minimum Gasteiger partial charge on any atom is -0.369 e. The third kappa shape index (κ3) is 5.99. The molecule has 7 nitrogen and oxygen atoms in total. The van der Waals surface area contributed by atoms with Crippen LogP contribution in [0.1, 0.15) is 22.7 Å². The van der Waals surface area contributed by atoms with Crippen molar-refractivity contribution in [2.45, 2.75) is 19.9 Å². The topological polar surface area (TPSA) is 77.6 Å². The van der Waals surface area contributed by atoms with Gasteiger partial charge in [-0.15, -0.1) is 0 Å². The molecular formula is C27H31N5O2. The van der Waals surface area contributed by atoms with Crippen molar-refractivity contribution in [2.75, 3.05) is 42.9 Å². The van der Waals surface area contributed by atoms with Gasteiger partial charge < -0.3 is 15.5 Å². The average Bonchev–Trinajstić information content (AvgIpc) is 2.85. The van der Waals surface area contributed by atoms with Crippen LogP contribution in [0, 0.1) is 13.8 Å². The highest BCUT2D eigenvalue weighted by molar-refractivity contribution is 6.39. The number of benzene rings is 2. The number of anilines is 2. The molecule has 1 aliphatic heterocycles. The number of para-hydroxylation sites is 1. The van der Waals surface area contributed by atoms with E-state index in [1.165, 1.54) is 5.69 Å². The molecule has 7 heteroatoms. The number of hydrogen-bond donors (Lipinski definition) is 2. The fraction of sp³-hybridized carbons (Fsp3) is 0.296. The molecule has 0 aliphatic carbocycles. The van der Waals surface area contributed by atoms with E-state index in [2.05, 4.69) is 49.7 Å². The number of aryl methyl sites for hydroxylation is 2. The second-order valence-electron chi connectivity index (χ2n) is 8.70. The van der Waals surface area contributed by atoms with Crippen LogP contribution in [0.4, 0.5) is 11.4 Å². The molecule has 176 valence electrons. The number of nitrogens with zero attached hydrogens (tertiary/aromatic N) is 3. The predicted molar refractivity (Wildman–Crippen MR) is 135 cm³/mol. The van der Waals surface area contributed by atoms with E-state index in [0.717, 1.165) is 42.9 Å². The van der Waals surface area contributed by atoms with Gasteiger partial charge in [-0.05, 0) is 60.9 Å². The van der Waals surface area contributed by atoms with E-state index >= 15 is 0 Å². The average molecular weight is 458 g/mol. The summed E-state index contributed by atoms with van der Waals surface area (Å²) in [6, 6.07) is 20.0. The molecule has 0 saturated carbocycles. The maximum Gasteiger partial charge on any atom is 0.313 e. The highest BCUT2D eigenvalue weighted by atomic mass is 16.2. The highest BCUT2D eigenvalue weighted by Crippen LogP contribution is 2.23. The van der Waals surface area contributed by atoms with Gasteiger partial charge in [-0.25, -0.2) is 0 Å². The summed E-state index contributed by atoms with van der Waals surface area (Å²) in [5, 5.41) is 5.54. The number of aromatic nitrogens is 1. The smallest absolute Gasteiger partial charge is 0.313 e. The van der Waals surface area contributed by atoms with Gasteiger partial charge in [0, 0.05) is 56.5 Å². The molecule has 1 atom stereocenters. The normalized spacial score (nSPS) is 14.9. The fourth-order valence-electron chi connectivity index (χ4n) is 4.47. The lowest BCUT2D eigenvalue weighted by Gasteiger charge is -2.40. The van der Waals surface area contributed by atoms with Crippen LogP contribution in [0.15, 0.2) is 73.1 Å². The fourth-order valence-corrected chi connectivity index (χ4v) is 4.47. The van der Waals surface area contributed by atoms with Crippen LogP contribution in [0.2, 0.25) is 0 Å². The van der Waals surface area contributed by atoms with Gasteiger partial charge in [0.15, 0.2) is 0 Å². The summed E-state index contributed by atoms with van der Waals surface area (Å²) in [6.45, 7) is 7.72. The molecule has 3 aromatic rings. The Bertz CT molecular complexity index is 1090. The van der Waals surface area contributed by atoms with Crippen molar-refractivity contribution in [1.29, 1.82) is 0 Å². The molecule has 2 heterocycles. The minimum absolute atomic E-state index is 0.0652. The third-order valence-corrected chi connectivity index (χ3v) is 6.09. The third-order valence-electron chi connectivity index (χ3n) is 6.09. The lowest BCUT2D eigenvalue weighted by atomic mass is 10.1. The van der Waals surface area contributed by atoms with E-state index in [1.807, 2.05) is 56.4 Å². The maximum atomic E-state index is 12.6. The molecule has 2 N–H and O–H groups in total. The summed E-state index contributed by atoms with van der Waals surface area (Å²) in [7, 11) is 0. The van der Waals surface area contributed by atoms with Crippen LogP contribution in [0.25, 0.3) is 0 Å². The summed E-state index contributed by atoms with van der Waals surface area (Å²) in [5.41, 5.74) is 4.92. The second-order valence-corrected chi connectivity index (χ2v) is 8.70. The van der Waals surface area contributed by atoms with Crippen molar-refractivity contribution < 1.29 is 9.59 Å². The van der Waals surface area contributed by atoms with Crippen LogP contribution in [-0.4, -0.2) is 54.4 Å². The minimum atomic E-state index is -0.663. The van der Waals surface area contributed by atoms with Gasteiger partial charge in [-0.3, -0.25) is 19.5 Å². The Morgan fingerprint density at radius 2 is 1.62 bits per heavy atom. The van der Waals surface area contributed by atoms with Gasteiger partial charge in [0.05, 0.1) is 6.04 Å². The molecule has 0 unspecified atom stereocenters. The number of carbonyl (C=O) groups excluding carboxylic acids is 2. The SMILES string of the molecule is Cc1cc(C)cc(NC(=O)C(=O)NC[C@@H](c2cccnc2)N2CCN(c3ccccc3)CC2)c1. The van der Waals surface area contributed by atoms with E-state index in [0.29, 0.717) is 12.2 Å². The van der Waals surface area contributed by atoms with Crippen LogP contribution in [0.3, 0.4) is 0 Å². The quantitative estimate of drug-likeness (QED) is 0.556. The molecule has 1 fully saturated rings. The van der Waals surface area contributed by atoms with Gasteiger partial charge in [0.25, 0.3) is 0 Å². The van der Waals surface area contributed by atoms with E-state index in [9.17, 15) is 9.59 Å². The number of pyridine rings is 1. The van der Waals surface area contributed by atoms with E-state index in [1.54, 1.807) is 6.20 Å². The van der Waals surface area contributed by atoms with Crippen molar-refractivity contribution >= 4 is 23.2 Å². The summed E-state index contributed by atoms with van der Waals surface area (Å²) < 4.78 is 0. The molecule has 0 radical (unpaired) electrons. The number of nitrogens with one attached hydrogen (secondary N) is 2. The molecule has 0 bridgehead atoms. The Morgan fingerprint density at radius 3 is 2.26 bits per heavy atom. The van der Waals surface area contributed by atoms with Crippen molar-refractivity contribution in [2.24, 2.45) is 0 Å². The van der Waals surface area contributed by atoms with Crippen LogP contribution in [0.5, 0.6) is 0 Å². The van der Waals surface area contributed by atoms with Gasteiger partial charge in [-0.1, -0.05) is 30.3 Å².